The number of rotatable bonds is 8. The number of hydrogen-bond donors (Lipinski definition) is 1. The number of benzene rings is 2. The molecule has 0 saturated carbocycles. The summed E-state index contributed by atoms with van der Waals surface area (Å²) in [6, 6.07) is 13.3. The van der Waals surface area contributed by atoms with E-state index in [0.29, 0.717) is 34.7 Å². The van der Waals surface area contributed by atoms with Crippen molar-refractivity contribution in [2.45, 2.75) is 19.7 Å². The van der Waals surface area contributed by atoms with Crippen LogP contribution >= 0.6 is 39.1 Å². The minimum absolute atomic E-state index is 0.359. The molecule has 0 atom stereocenters. The van der Waals surface area contributed by atoms with Crippen molar-refractivity contribution < 1.29 is 9.47 Å². The highest BCUT2D eigenvalue weighted by Crippen LogP contribution is 2.34. The summed E-state index contributed by atoms with van der Waals surface area (Å²) in [6.07, 6.45) is 3.62. The van der Waals surface area contributed by atoms with Gasteiger partial charge in [0.15, 0.2) is 11.5 Å². The van der Waals surface area contributed by atoms with E-state index < -0.39 is 0 Å². The third-order valence-corrected chi connectivity index (χ3v) is 5.56. The summed E-state index contributed by atoms with van der Waals surface area (Å²) in [5.74, 6) is 1.32. The lowest BCUT2D eigenvalue weighted by Gasteiger charge is -2.15. The van der Waals surface area contributed by atoms with E-state index in [1.165, 1.54) is 0 Å². The fourth-order valence-corrected chi connectivity index (χ4v) is 3.40. The molecule has 0 fully saturated rings. The predicted octanol–water partition coefficient (Wildman–Crippen LogP) is 6.03. The van der Waals surface area contributed by atoms with Crippen LogP contribution < -0.4 is 14.8 Å². The minimum atomic E-state index is 0.359. The van der Waals surface area contributed by atoms with Crippen LogP contribution in [0.4, 0.5) is 0 Å². The van der Waals surface area contributed by atoms with Crippen molar-refractivity contribution >= 4 is 39.1 Å². The zero-order chi connectivity index (χ0) is 19.9. The lowest BCUT2D eigenvalue weighted by atomic mass is 10.2. The quantitative estimate of drug-likeness (QED) is 0.426. The monoisotopic (exact) mass is 480 g/mol. The van der Waals surface area contributed by atoms with Gasteiger partial charge in [-0.25, -0.2) is 0 Å². The van der Waals surface area contributed by atoms with Gasteiger partial charge in [0.05, 0.1) is 17.2 Å². The highest BCUT2D eigenvalue weighted by Gasteiger charge is 2.11. The van der Waals surface area contributed by atoms with E-state index in [2.05, 4.69) is 26.2 Å². The van der Waals surface area contributed by atoms with E-state index in [0.717, 1.165) is 27.7 Å². The molecular formula is C21H19BrCl2N2O2. The van der Waals surface area contributed by atoms with Gasteiger partial charge in [0.2, 0.25) is 0 Å². The number of nitrogens with zero attached hydrogens (tertiary/aromatic N) is 1. The Hall–Kier alpha value is -1.79. The summed E-state index contributed by atoms with van der Waals surface area (Å²) in [5, 5.41) is 4.43. The molecule has 0 aliphatic carbocycles. The van der Waals surface area contributed by atoms with Gasteiger partial charge in [-0.2, -0.15) is 0 Å². The van der Waals surface area contributed by atoms with Gasteiger partial charge in [0, 0.05) is 30.0 Å². The van der Waals surface area contributed by atoms with E-state index in [1.807, 2.05) is 36.5 Å². The summed E-state index contributed by atoms with van der Waals surface area (Å²) in [4.78, 5) is 4.12. The fraction of sp³-hybridized carbons (Fsp3) is 0.190. The first kappa shape index (κ1) is 20.9. The summed E-state index contributed by atoms with van der Waals surface area (Å²) >= 11 is 15.6. The van der Waals surface area contributed by atoms with E-state index in [4.69, 9.17) is 32.7 Å². The van der Waals surface area contributed by atoms with Gasteiger partial charge in [-0.1, -0.05) is 51.3 Å². The van der Waals surface area contributed by atoms with E-state index >= 15 is 0 Å². The third kappa shape index (κ3) is 5.61. The van der Waals surface area contributed by atoms with E-state index in [1.54, 1.807) is 25.4 Å². The lowest BCUT2D eigenvalue weighted by Crippen LogP contribution is -2.13. The smallest absolute Gasteiger partial charge is 0.162 e. The summed E-state index contributed by atoms with van der Waals surface area (Å²) < 4.78 is 12.4. The van der Waals surface area contributed by atoms with Gasteiger partial charge in [-0.15, -0.1) is 0 Å². The molecule has 4 nitrogen and oxygen atoms in total. The zero-order valence-corrected chi connectivity index (χ0v) is 18.3. The Morgan fingerprint density at radius 1 is 1.00 bits per heavy atom. The van der Waals surface area contributed by atoms with Crippen LogP contribution in [0.25, 0.3) is 0 Å². The van der Waals surface area contributed by atoms with Crippen LogP contribution in [0.1, 0.15) is 16.7 Å². The fourth-order valence-electron chi connectivity index (χ4n) is 2.62. The molecule has 2 aromatic carbocycles. The molecule has 1 aromatic heterocycles. The Labute approximate surface area is 182 Å². The average Bonchev–Trinajstić information content (AvgIpc) is 2.71. The standard InChI is InChI=1S/C21H19BrCl2N2O2/c1-27-20-8-16(12-26-11-15-3-2-6-25-10-15)17(22)9-21(20)28-13-14-4-5-18(23)19(24)7-14/h2-10,26H,11-13H2,1H3. The predicted molar refractivity (Wildman–Crippen MR) is 116 cm³/mol. The zero-order valence-electron chi connectivity index (χ0n) is 15.2. The van der Waals surface area contributed by atoms with Crippen molar-refractivity contribution in [1.82, 2.24) is 10.3 Å². The molecule has 0 spiro atoms. The summed E-state index contributed by atoms with van der Waals surface area (Å²) in [6.45, 7) is 1.77. The van der Waals surface area contributed by atoms with Crippen molar-refractivity contribution in [3.8, 4) is 11.5 Å². The molecule has 1 N–H and O–H groups in total. The molecular weight excluding hydrogens is 463 g/mol. The Bertz CT molecular complexity index is 939. The molecule has 1 heterocycles. The SMILES string of the molecule is COc1cc(CNCc2cccnc2)c(Br)cc1OCc1ccc(Cl)c(Cl)c1. The van der Waals surface area contributed by atoms with Gasteiger partial charge in [-0.3, -0.25) is 4.98 Å². The Kier molecular flexibility index (Phi) is 7.57. The van der Waals surface area contributed by atoms with Crippen LogP contribution in [0.3, 0.4) is 0 Å². The normalized spacial score (nSPS) is 10.7. The molecule has 0 unspecified atom stereocenters. The first-order valence-corrected chi connectivity index (χ1v) is 10.1. The number of methoxy groups -OCH3 is 1. The van der Waals surface area contributed by atoms with Crippen LogP contribution in [0.2, 0.25) is 10.0 Å². The number of nitrogens with one attached hydrogen (secondary N) is 1. The molecule has 0 radical (unpaired) electrons. The average molecular weight is 482 g/mol. The van der Waals surface area contributed by atoms with E-state index in [-0.39, 0.29) is 0 Å². The summed E-state index contributed by atoms with van der Waals surface area (Å²) in [7, 11) is 1.63. The van der Waals surface area contributed by atoms with Crippen LogP contribution in [0, 0.1) is 0 Å². The maximum absolute atomic E-state index is 6.06. The van der Waals surface area contributed by atoms with Gasteiger partial charge >= 0.3 is 0 Å². The van der Waals surface area contributed by atoms with Crippen LogP contribution in [0.15, 0.2) is 59.3 Å². The topological polar surface area (TPSA) is 43.4 Å². The molecule has 0 aliphatic heterocycles. The second-order valence-corrected chi connectivity index (χ2v) is 7.77. The molecule has 0 bridgehead atoms. The largest absolute Gasteiger partial charge is 0.493 e. The molecule has 0 aliphatic rings. The number of aromatic nitrogens is 1. The number of halogens is 3. The number of ether oxygens (including phenoxy) is 2. The number of pyridine rings is 1. The second-order valence-electron chi connectivity index (χ2n) is 6.10. The van der Waals surface area contributed by atoms with Crippen molar-refractivity contribution in [2.75, 3.05) is 7.11 Å². The Balaban J connectivity index is 1.65. The van der Waals surface area contributed by atoms with Gasteiger partial charge in [-0.05, 0) is 47.0 Å². The van der Waals surface area contributed by atoms with Gasteiger partial charge < -0.3 is 14.8 Å². The van der Waals surface area contributed by atoms with Crippen LogP contribution in [0.5, 0.6) is 11.5 Å². The summed E-state index contributed by atoms with van der Waals surface area (Å²) in [5.41, 5.74) is 3.13. The Morgan fingerprint density at radius 3 is 2.57 bits per heavy atom. The van der Waals surface area contributed by atoms with E-state index in [9.17, 15) is 0 Å². The number of hydrogen-bond acceptors (Lipinski definition) is 4. The van der Waals surface area contributed by atoms with Gasteiger partial charge in [0.25, 0.3) is 0 Å². The maximum atomic E-state index is 6.06. The van der Waals surface area contributed by atoms with Crippen LogP contribution in [-0.4, -0.2) is 12.1 Å². The van der Waals surface area contributed by atoms with Gasteiger partial charge in [0.1, 0.15) is 6.61 Å². The molecule has 146 valence electrons. The first-order chi connectivity index (χ1) is 13.6. The highest BCUT2D eigenvalue weighted by molar-refractivity contribution is 9.10. The van der Waals surface area contributed by atoms with Crippen molar-refractivity contribution in [2.24, 2.45) is 0 Å². The lowest BCUT2D eigenvalue weighted by molar-refractivity contribution is 0.284. The molecule has 7 heteroatoms. The molecule has 0 saturated heterocycles. The van der Waals surface area contributed by atoms with Crippen molar-refractivity contribution in [1.29, 1.82) is 0 Å². The third-order valence-electron chi connectivity index (χ3n) is 4.08. The Morgan fingerprint density at radius 2 is 1.86 bits per heavy atom. The first-order valence-electron chi connectivity index (χ1n) is 8.59. The second kappa shape index (κ2) is 10.1. The molecule has 0 amide bonds. The molecule has 3 rings (SSSR count). The maximum Gasteiger partial charge on any atom is 0.162 e. The molecule has 28 heavy (non-hydrogen) atoms. The van der Waals surface area contributed by atoms with Crippen LogP contribution in [-0.2, 0) is 19.7 Å². The van der Waals surface area contributed by atoms with Crippen molar-refractivity contribution in [3.05, 3.63) is 86.1 Å². The molecule has 3 aromatic rings. The highest BCUT2D eigenvalue weighted by atomic mass is 79.9. The van der Waals surface area contributed by atoms with Crippen molar-refractivity contribution in [3.63, 3.8) is 0 Å². The minimum Gasteiger partial charge on any atom is -0.493 e.